The monoisotopic (exact) mass is 144 g/mol. The van der Waals surface area contributed by atoms with E-state index in [4.69, 9.17) is 5.73 Å². The highest BCUT2D eigenvalue weighted by Gasteiger charge is 1.99. The predicted octanol–water partition coefficient (Wildman–Crippen LogP) is 0.969. The molecule has 0 aromatic rings. The predicted molar refractivity (Wildman–Crippen MR) is 46.0 cm³/mol. The Morgan fingerprint density at radius 3 is 2.30 bits per heavy atom. The summed E-state index contributed by atoms with van der Waals surface area (Å²) in [5.41, 5.74) is 5.40. The number of hydrogen-bond acceptors (Lipinski definition) is 2. The van der Waals surface area contributed by atoms with Gasteiger partial charge in [-0.25, -0.2) is 0 Å². The minimum atomic E-state index is 0.576. The van der Waals surface area contributed by atoms with Crippen LogP contribution in [0.2, 0.25) is 0 Å². The number of hydrogen-bond donors (Lipinski definition) is 2. The summed E-state index contributed by atoms with van der Waals surface area (Å²) in [6, 6.07) is 0.576. The second-order valence-corrected chi connectivity index (χ2v) is 3.28. The lowest BCUT2D eigenvalue weighted by Crippen LogP contribution is -2.31. The molecule has 0 fully saturated rings. The van der Waals surface area contributed by atoms with Crippen LogP contribution in [0.1, 0.15) is 27.2 Å². The highest BCUT2D eigenvalue weighted by atomic mass is 14.9. The molecule has 0 aromatic heterocycles. The van der Waals surface area contributed by atoms with Crippen LogP contribution >= 0.6 is 0 Å². The fraction of sp³-hybridized carbons (Fsp3) is 1.00. The molecule has 62 valence electrons. The van der Waals surface area contributed by atoms with E-state index in [-0.39, 0.29) is 0 Å². The second kappa shape index (κ2) is 5.69. The van der Waals surface area contributed by atoms with Crippen molar-refractivity contribution in [3.63, 3.8) is 0 Å². The van der Waals surface area contributed by atoms with Crippen molar-refractivity contribution >= 4 is 0 Å². The van der Waals surface area contributed by atoms with Crippen LogP contribution in [0.25, 0.3) is 0 Å². The van der Waals surface area contributed by atoms with E-state index in [1.807, 2.05) is 0 Å². The minimum Gasteiger partial charge on any atom is -0.330 e. The first-order valence-electron chi connectivity index (χ1n) is 4.10. The lowest BCUT2D eigenvalue weighted by Gasteiger charge is -2.13. The van der Waals surface area contributed by atoms with Gasteiger partial charge in [0.05, 0.1) is 0 Å². The van der Waals surface area contributed by atoms with Crippen LogP contribution in [0.15, 0.2) is 0 Å². The maximum atomic E-state index is 5.40. The van der Waals surface area contributed by atoms with Gasteiger partial charge in [-0.15, -0.1) is 0 Å². The van der Waals surface area contributed by atoms with Gasteiger partial charge < -0.3 is 11.1 Å². The van der Waals surface area contributed by atoms with Crippen LogP contribution in [0.4, 0.5) is 0 Å². The first-order valence-corrected chi connectivity index (χ1v) is 4.10. The van der Waals surface area contributed by atoms with Crippen molar-refractivity contribution in [2.45, 2.75) is 33.2 Å². The molecule has 1 atom stereocenters. The first-order chi connectivity index (χ1) is 4.66. The lowest BCUT2D eigenvalue weighted by molar-refractivity contribution is 0.468. The fourth-order valence-electron chi connectivity index (χ4n) is 0.789. The Morgan fingerprint density at radius 1 is 1.30 bits per heavy atom. The maximum Gasteiger partial charge on any atom is 0.00508 e. The standard InChI is InChI=1S/C8H20N2/c1-7(2)6-10-8(3)4-5-9/h7-8,10H,4-6,9H2,1-3H3. The zero-order chi connectivity index (χ0) is 7.98. The molecule has 0 aliphatic carbocycles. The van der Waals surface area contributed by atoms with Gasteiger partial charge in [0.15, 0.2) is 0 Å². The Morgan fingerprint density at radius 2 is 1.90 bits per heavy atom. The third-order valence-corrected chi connectivity index (χ3v) is 1.47. The largest absolute Gasteiger partial charge is 0.330 e. The summed E-state index contributed by atoms with van der Waals surface area (Å²) in [6.45, 7) is 8.48. The second-order valence-electron chi connectivity index (χ2n) is 3.28. The van der Waals surface area contributed by atoms with E-state index in [0.717, 1.165) is 25.4 Å². The van der Waals surface area contributed by atoms with Crippen LogP contribution in [-0.4, -0.2) is 19.1 Å². The van der Waals surface area contributed by atoms with Gasteiger partial charge in [-0.3, -0.25) is 0 Å². The molecule has 0 radical (unpaired) electrons. The highest BCUT2D eigenvalue weighted by Crippen LogP contribution is 1.91. The smallest absolute Gasteiger partial charge is 0.00508 e. The summed E-state index contributed by atoms with van der Waals surface area (Å²) in [5.74, 6) is 0.736. The molecule has 0 heterocycles. The molecule has 3 N–H and O–H groups in total. The molecule has 0 bridgehead atoms. The average molecular weight is 144 g/mol. The molecule has 0 saturated heterocycles. The lowest BCUT2D eigenvalue weighted by atomic mass is 10.2. The molecule has 1 unspecified atom stereocenters. The molecule has 2 heteroatoms. The van der Waals surface area contributed by atoms with Gasteiger partial charge in [-0.2, -0.15) is 0 Å². The Hall–Kier alpha value is -0.0800. The summed E-state index contributed by atoms with van der Waals surface area (Å²) >= 11 is 0. The molecule has 0 aliphatic heterocycles. The van der Waals surface area contributed by atoms with Crippen LogP contribution in [0.3, 0.4) is 0 Å². The zero-order valence-electron chi connectivity index (χ0n) is 7.35. The van der Waals surface area contributed by atoms with Crippen molar-refractivity contribution in [2.75, 3.05) is 13.1 Å². The number of nitrogens with two attached hydrogens (primary N) is 1. The van der Waals surface area contributed by atoms with E-state index < -0.39 is 0 Å². The topological polar surface area (TPSA) is 38.0 Å². The molecular weight excluding hydrogens is 124 g/mol. The number of rotatable bonds is 5. The summed E-state index contributed by atoms with van der Waals surface area (Å²) in [7, 11) is 0. The van der Waals surface area contributed by atoms with Crippen molar-refractivity contribution in [1.82, 2.24) is 5.32 Å². The summed E-state index contributed by atoms with van der Waals surface area (Å²) in [4.78, 5) is 0. The van der Waals surface area contributed by atoms with Gasteiger partial charge in [-0.1, -0.05) is 13.8 Å². The Labute approximate surface area is 64.2 Å². The molecule has 0 saturated carbocycles. The SMILES string of the molecule is CC(C)CNC(C)CCN. The maximum absolute atomic E-state index is 5.40. The van der Waals surface area contributed by atoms with Gasteiger partial charge in [0.2, 0.25) is 0 Å². The Balaban J connectivity index is 3.12. The number of nitrogens with one attached hydrogen (secondary N) is 1. The van der Waals surface area contributed by atoms with E-state index in [9.17, 15) is 0 Å². The molecule has 0 amide bonds. The molecular formula is C8H20N2. The molecule has 10 heavy (non-hydrogen) atoms. The van der Waals surface area contributed by atoms with Gasteiger partial charge in [0, 0.05) is 6.04 Å². The van der Waals surface area contributed by atoms with Crippen LogP contribution in [0, 0.1) is 5.92 Å². The van der Waals surface area contributed by atoms with Crippen LogP contribution < -0.4 is 11.1 Å². The van der Waals surface area contributed by atoms with E-state index in [1.54, 1.807) is 0 Å². The first kappa shape index (κ1) is 9.92. The molecule has 0 aliphatic rings. The van der Waals surface area contributed by atoms with E-state index >= 15 is 0 Å². The Kier molecular flexibility index (Phi) is 5.64. The van der Waals surface area contributed by atoms with Gasteiger partial charge in [0.1, 0.15) is 0 Å². The highest BCUT2D eigenvalue weighted by molar-refractivity contribution is 4.61. The minimum absolute atomic E-state index is 0.576. The average Bonchev–Trinajstić information content (AvgIpc) is 1.85. The normalized spacial score (nSPS) is 14.1. The third kappa shape index (κ3) is 6.05. The Bertz CT molecular complexity index is 71.7. The fourth-order valence-corrected chi connectivity index (χ4v) is 0.789. The zero-order valence-corrected chi connectivity index (χ0v) is 7.35. The van der Waals surface area contributed by atoms with Gasteiger partial charge in [-0.05, 0) is 32.4 Å². The quantitative estimate of drug-likeness (QED) is 0.603. The van der Waals surface area contributed by atoms with Crippen molar-refractivity contribution in [2.24, 2.45) is 11.7 Å². The molecule has 0 rings (SSSR count). The van der Waals surface area contributed by atoms with E-state index in [1.165, 1.54) is 0 Å². The summed E-state index contributed by atoms with van der Waals surface area (Å²) in [5, 5.41) is 3.40. The van der Waals surface area contributed by atoms with Crippen molar-refractivity contribution in [1.29, 1.82) is 0 Å². The summed E-state index contributed by atoms with van der Waals surface area (Å²) in [6.07, 6.45) is 1.08. The molecule has 0 spiro atoms. The summed E-state index contributed by atoms with van der Waals surface area (Å²) < 4.78 is 0. The van der Waals surface area contributed by atoms with Gasteiger partial charge in [0.25, 0.3) is 0 Å². The van der Waals surface area contributed by atoms with Crippen molar-refractivity contribution in [3.8, 4) is 0 Å². The van der Waals surface area contributed by atoms with Crippen molar-refractivity contribution < 1.29 is 0 Å². The van der Waals surface area contributed by atoms with Crippen LogP contribution in [-0.2, 0) is 0 Å². The molecule has 2 nitrogen and oxygen atoms in total. The van der Waals surface area contributed by atoms with Crippen molar-refractivity contribution in [3.05, 3.63) is 0 Å². The molecule has 0 aromatic carbocycles. The van der Waals surface area contributed by atoms with E-state index in [2.05, 4.69) is 26.1 Å². The van der Waals surface area contributed by atoms with E-state index in [0.29, 0.717) is 6.04 Å². The van der Waals surface area contributed by atoms with Gasteiger partial charge >= 0.3 is 0 Å². The third-order valence-electron chi connectivity index (χ3n) is 1.47. The van der Waals surface area contributed by atoms with Crippen LogP contribution in [0.5, 0.6) is 0 Å².